The number of ether oxygens (including phenoxy) is 3. The predicted octanol–water partition coefficient (Wildman–Crippen LogP) is 5.42. The zero-order chi connectivity index (χ0) is 20.9. The summed E-state index contributed by atoms with van der Waals surface area (Å²) in [4.78, 5) is 2.18. The number of benzene rings is 3. The van der Waals surface area contributed by atoms with E-state index >= 15 is 0 Å². The van der Waals surface area contributed by atoms with Gasteiger partial charge in [-0.05, 0) is 47.4 Å². The minimum Gasteiger partial charge on any atom is -0.493 e. The Morgan fingerprint density at radius 3 is 2.23 bits per heavy atom. The first kappa shape index (κ1) is 20.2. The Hall–Kier alpha value is -3.05. The molecule has 0 spiro atoms. The number of hydrogen-bond acceptors (Lipinski definition) is 4. The van der Waals surface area contributed by atoms with Gasteiger partial charge in [-0.25, -0.2) is 4.39 Å². The second-order valence-electron chi connectivity index (χ2n) is 7.17. The van der Waals surface area contributed by atoms with Crippen molar-refractivity contribution in [2.45, 2.75) is 12.6 Å². The lowest BCUT2D eigenvalue weighted by atomic mass is 9.96. The Labute approximate surface area is 176 Å². The van der Waals surface area contributed by atoms with E-state index in [-0.39, 0.29) is 12.8 Å². The number of rotatable bonds is 7. The van der Waals surface area contributed by atoms with E-state index < -0.39 is 6.67 Å². The number of halogens is 1. The standard InChI is InChI=1S/C25H26FNO3/c1-28-23-16-20-12-14-27(25(30-15-13-26)22(20)17-24(23)29-2)21-10-8-19(9-11-21)18-6-4-3-5-7-18/h3-11,16-17,25H,12-15H2,1-2H3. The fourth-order valence-corrected chi connectivity index (χ4v) is 3.99. The molecule has 0 radical (unpaired) electrons. The van der Waals surface area contributed by atoms with E-state index in [9.17, 15) is 4.39 Å². The van der Waals surface area contributed by atoms with E-state index in [0.717, 1.165) is 35.3 Å². The van der Waals surface area contributed by atoms with Crippen molar-refractivity contribution in [3.8, 4) is 22.6 Å². The Bertz CT molecular complexity index is 976. The Morgan fingerprint density at radius 2 is 1.57 bits per heavy atom. The molecule has 1 unspecified atom stereocenters. The van der Waals surface area contributed by atoms with Crippen LogP contribution in [0.15, 0.2) is 66.7 Å². The summed E-state index contributed by atoms with van der Waals surface area (Å²) in [5.74, 6) is 1.34. The van der Waals surface area contributed by atoms with Gasteiger partial charge in [0, 0.05) is 17.8 Å². The third-order valence-corrected chi connectivity index (χ3v) is 5.48. The third kappa shape index (κ3) is 3.98. The molecule has 0 aliphatic carbocycles. The van der Waals surface area contributed by atoms with Crippen LogP contribution in [-0.4, -0.2) is 34.0 Å². The highest BCUT2D eigenvalue weighted by atomic mass is 19.1. The lowest BCUT2D eigenvalue weighted by Gasteiger charge is -2.39. The largest absolute Gasteiger partial charge is 0.493 e. The average Bonchev–Trinajstić information content (AvgIpc) is 2.82. The van der Waals surface area contributed by atoms with E-state index in [4.69, 9.17) is 14.2 Å². The molecule has 0 saturated carbocycles. The van der Waals surface area contributed by atoms with Crippen molar-refractivity contribution in [1.82, 2.24) is 0 Å². The zero-order valence-electron chi connectivity index (χ0n) is 17.3. The summed E-state index contributed by atoms with van der Waals surface area (Å²) in [5.41, 5.74) is 5.49. The molecule has 0 amide bonds. The maximum absolute atomic E-state index is 13.0. The molecule has 4 rings (SSSR count). The number of methoxy groups -OCH3 is 2. The molecule has 5 heteroatoms. The Morgan fingerprint density at radius 1 is 0.900 bits per heavy atom. The first-order chi connectivity index (χ1) is 14.7. The van der Waals surface area contributed by atoms with E-state index in [1.54, 1.807) is 14.2 Å². The van der Waals surface area contributed by atoms with Crippen molar-refractivity contribution < 1.29 is 18.6 Å². The summed E-state index contributed by atoms with van der Waals surface area (Å²) in [6, 6.07) is 22.6. The fraction of sp³-hybridized carbons (Fsp3) is 0.280. The first-order valence-electron chi connectivity index (χ1n) is 10.1. The molecule has 1 aliphatic rings. The molecular formula is C25H26FNO3. The van der Waals surface area contributed by atoms with Crippen molar-refractivity contribution in [1.29, 1.82) is 0 Å². The van der Waals surface area contributed by atoms with Crippen LogP contribution < -0.4 is 14.4 Å². The zero-order valence-corrected chi connectivity index (χ0v) is 17.3. The summed E-state index contributed by atoms with van der Waals surface area (Å²) >= 11 is 0. The second-order valence-corrected chi connectivity index (χ2v) is 7.17. The van der Waals surface area contributed by atoms with Gasteiger partial charge < -0.3 is 19.1 Å². The SMILES string of the molecule is COc1cc2c(cc1OC)C(OCCF)N(c1ccc(-c3ccccc3)cc1)CC2. The van der Waals surface area contributed by atoms with Crippen LogP contribution in [0.1, 0.15) is 17.4 Å². The molecule has 3 aromatic rings. The van der Waals surface area contributed by atoms with Crippen LogP contribution in [0, 0.1) is 0 Å². The van der Waals surface area contributed by atoms with Gasteiger partial charge in [0.05, 0.1) is 20.8 Å². The van der Waals surface area contributed by atoms with E-state index in [2.05, 4.69) is 41.3 Å². The highest BCUT2D eigenvalue weighted by Gasteiger charge is 2.30. The van der Waals surface area contributed by atoms with Gasteiger partial charge in [0.2, 0.25) is 0 Å². The number of hydrogen-bond donors (Lipinski definition) is 0. The molecule has 1 aliphatic heterocycles. The first-order valence-corrected chi connectivity index (χ1v) is 10.1. The Balaban J connectivity index is 1.68. The van der Waals surface area contributed by atoms with Gasteiger partial charge in [-0.1, -0.05) is 42.5 Å². The Kier molecular flexibility index (Phi) is 6.19. The lowest BCUT2D eigenvalue weighted by molar-refractivity contribution is 0.0372. The molecule has 4 nitrogen and oxygen atoms in total. The van der Waals surface area contributed by atoms with Crippen molar-refractivity contribution in [2.75, 3.05) is 38.9 Å². The van der Waals surface area contributed by atoms with Gasteiger partial charge in [-0.3, -0.25) is 0 Å². The van der Waals surface area contributed by atoms with E-state index in [0.29, 0.717) is 11.5 Å². The lowest BCUT2D eigenvalue weighted by Crippen LogP contribution is -2.37. The molecule has 156 valence electrons. The molecule has 0 bridgehead atoms. The smallest absolute Gasteiger partial charge is 0.161 e. The van der Waals surface area contributed by atoms with Crippen LogP contribution >= 0.6 is 0 Å². The summed E-state index contributed by atoms with van der Waals surface area (Å²) in [5, 5.41) is 0. The molecule has 1 heterocycles. The highest BCUT2D eigenvalue weighted by molar-refractivity contribution is 5.67. The number of fused-ring (bicyclic) bond motifs is 1. The third-order valence-electron chi connectivity index (χ3n) is 5.48. The quantitative estimate of drug-likeness (QED) is 0.523. The van der Waals surface area contributed by atoms with Crippen LogP contribution in [0.4, 0.5) is 10.1 Å². The highest BCUT2D eigenvalue weighted by Crippen LogP contribution is 2.40. The average molecular weight is 407 g/mol. The fourth-order valence-electron chi connectivity index (χ4n) is 3.99. The minimum atomic E-state index is -0.528. The van der Waals surface area contributed by atoms with Gasteiger partial charge in [0.15, 0.2) is 17.7 Å². The maximum atomic E-state index is 13.0. The van der Waals surface area contributed by atoms with Gasteiger partial charge in [0.1, 0.15) is 6.67 Å². The van der Waals surface area contributed by atoms with Crippen LogP contribution in [0.25, 0.3) is 11.1 Å². The van der Waals surface area contributed by atoms with E-state index in [1.165, 1.54) is 5.56 Å². The summed E-state index contributed by atoms with van der Waals surface area (Å²) in [6.07, 6.45) is 0.456. The molecule has 3 aromatic carbocycles. The number of anilines is 1. The topological polar surface area (TPSA) is 30.9 Å². The summed E-state index contributed by atoms with van der Waals surface area (Å²) < 4.78 is 29.9. The predicted molar refractivity (Wildman–Crippen MR) is 117 cm³/mol. The molecule has 0 N–H and O–H groups in total. The number of nitrogens with zero attached hydrogens (tertiary/aromatic N) is 1. The molecule has 0 fully saturated rings. The molecule has 1 atom stereocenters. The number of alkyl halides is 1. The van der Waals surface area contributed by atoms with Crippen LogP contribution in [-0.2, 0) is 11.2 Å². The van der Waals surface area contributed by atoms with Crippen molar-refractivity contribution >= 4 is 5.69 Å². The van der Waals surface area contributed by atoms with Crippen molar-refractivity contribution in [3.05, 3.63) is 77.9 Å². The summed E-state index contributed by atoms with van der Waals surface area (Å²) in [6.45, 7) is 0.279. The summed E-state index contributed by atoms with van der Waals surface area (Å²) in [7, 11) is 3.25. The second kappa shape index (κ2) is 9.18. The van der Waals surface area contributed by atoms with Crippen LogP contribution in [0.5, 0.6) is 11.5 Å². The van der Waals surface area contributed by atoms with Gasteiger partial charge >= 0.3 is 0 Å². The molecule has 0 aromatic heterocycles. The van der Waals surface area contributed by atoms with Gasteiger partial charge in [-0.2, -0.15) is 0 Å². The van der Waals surface area contributed by atoms with E-state index in [1.807, 2.05) is 30.3 Å². The maximum Gasteiger partial charge on any atom is 0.161 e. The van der Waals surface area contributed by atoms with Crippen LogP contribution in [0.2, 0.25) is 0 Å². The van der Waals surface area contributed by atoms with Gasteiger partial charge in [-0.15, -0.1) is 0 Å². The molecule has 30 heavy (non-hydrogen) atoms. The molecule has 0 saturated heterocycles. The van der Waals surface area contributed by atoms with Crippen LogP contribution in [0.3, 0.4) is 0 Å². The van der Waals surface area contributed by atoms with Gasteiger partial charge in [0.25, 0.3) is 0 Å². The van der Waals surface area contributed by atoms with Crippen molar-refractivity contribution in [2.24, 2.45) is 0 Å². The normalized spacial score (nSPS) is 15.6. The van der Waals surface area contributed by atoms with Crippen molar-refractivity contribution in [3.63, 3.8) is 0 Å². The monoisotopic (exact) mass is 407 g/mol. The minimum absolute atomic E-state index is 0.0387. The molecular weight excluding hydrogens is 381 g/mol.